The van der Waals surface area contributed by atoms with Gasteiger partial charge in [0.15, 0.2) is 0 Å². The van der Waals surface area contributed by atoms with Crippen LogP contribution in [0.4, 0.5) is 0 Å². The SMILES string of the molecule is CC(=O)OC1(C#N)CC2CCC1C=C2O[Si](C)(C)C. The van der Waals surface area contributed by atoms with Gasteiger partial charge in [-0.1, -0.05) is 0 Å². The highest BCUT2D eigenvalue weighted by atomic mass is 28.4. The van der Waals surface area contributed by atoms with Crippen molar-refractivity contribution in [1.29, 1.82) is 5.26 Å². The summed E-state index contributed by atoms with van der Waals surface area (Å²) in [6, 6.07) is 2.23. The van der Waals surface area contributed by atoms with E-state index in [0.29, 0.717) is 6.42 Å². The molecule has 0 amide bonds. The van der Waals surface area contributed by atoms with Crippen molar-refractivity contribution in [1.82, 2.24) is 0 Å². The van der Waals surface area contributed by atoms with E-state index in [-0.39, 0.29) is 17.8 Å². The fourth-order valence-electron chi connectivity index (χ4n) is 3.02. The Labute approximate surface area is 115 Å². The maximum Gasteiger partial charge on any atom is 0.304 e. The van der Waals surface area contributed by atoms with Crippen molar-refractivity contribution in [3.05, 3.63) is 11.8 Å². The van der Waals surface area contributed by atoms with Gasteiger partial charge in [0, 0.05) is 25.2 Å². The highest BCUT2D eigenvalue weighted by molar-refractivity contribution is 6.70. The van der Waals surface area contributed by atoms with Crippen LogP contribution in [0.2, 0.25) is 19.6 Å². The molecule has 0 aromatic carbocycles. The predicted octanol–water partition coefficient (Wildman–Crippen LogP) is 2.98. The topological polar surface area (TPSA) is 59.3 Å². The zero-order valence-corrected chi connectivity index (χ0v) is 13.0. The van der Waals surface area contributed by atoms with Gasteiger partial charge >= 0.3 is 5.97 Å². The van der Waals surface area contributed by atoms with E-state index < -0.39 is 13.9 Å². The number of nitrogens with zero attached hydrogens (tertiary/aromatic N) is 1. The standard InChI is InChI=1S/C14H21NO3Si/c1-10(16)17-14(9-15)8-11-5-6-12(14)7-13(11)18-19(2,3)4/h7,11-12H,5-6,8H2,1-4H3. The molecule has 0 N–H and O–H groups in total. The number of fused-ring (bicyclic) bond motifs is 2. The Balaban J connectivity index is 2.25. The van der Waals surface area contributed by atoms with E-state index in [1.807, 2.05) is 6.08 Å². The van der Waals surface area contributed by atoms with Crippen LogP contribution in [0.1, 0.15) is 26.2 Å². The van der Waals surface area contributed by atoms with Gasteiger partial charge in [0.05, 0.1) is 5.76 Å². The molecule has 0 heterocycles. The van der Waals surface area contributed by atoms with Crippen molar-refractivity contribution in [3.63, 3.8) is 0 Å². The van der Waals surface area contributed by atoms with Gasteiger partial charge in [-0.25, -0.2) is 0 Å². The summed E-state index contributed by atoms with van der Waals surface area (Å²) in [5.74, 6) is 0.831. The van der Waals surface area contributed by atoms with E-state index in [1.54, 1.807) is 0 Å². The largest absolute Gasteiger partial charge is 0.547 e. The summed E-state index contributed by atoms with van der Waals surface area (Å²) in [7, 11) is -1.63. The Bertz CT molecular complexity index is 460. The van der Waals surface area contributed by atoms with E-state index in [1.165, 1.54) is 6.92 Å². The van der Waals surface area contributed by atoms with Crippen LogP contribution in [0.3, 0.4) is 0 Å². The van der Waals surface area contributed by atoms with E-state index in [9.17, 15) is 10.1 Å². The maximum absolute atomic E-state index is 11.2. The van der Waals surface area contributed by atoms with Gasteiger partial charge in [-0.15, -0.1) is 0 Å². The average molecular weight is 279 g/mol. The summed E-state index contributed by atoms with van der Waals surface area (Å²) in [4.78, 5) is 11.2. The molecule has 1 saturated carbocycles. The lowest BCUT2D eigenvalue weighted by Gasteiger charge is -2.46. The third-order valence-corrected chi connectivity index (χ3v) is 4.53. The van der Waals surface area contributed by atoms with E-state index in [4.69, 9.17) is 9.16 Å². The molecule has 3 unspecified atom stereocenters. The molecule has 0 aromatic heterocycles. The molecule has 0 aromatic rings. The van der Waals surface area contributed by atoms with Gasteiger partial charge in [-0.2, -0.15) is 5.26 Å². The molecule has 3 aliphatic rings. The van der Waals surface area contributed by atoms with E-state index in [2.05, 4.69) is 25.7 Å². The van der Waals surface area contributed by atoms with Crippen LogP contribution < -0.4 is 0 Å². The molecule has 19 heavy (non-hydrogen) atoms. The minimum Gasteiger partial charge on any atom is -0.547 e. The van der Waals surface area contributed by atoms with Crippen molar-refractivity contribution in [2.24, 2.45) is 11.8 Å². The lowest BCUT2D eigenvalue weighted by molar-refractivity contribution is -0.160. The number of rotatable bonds is 3. The van der Waals surface area contributed by atoms with Crippen molar-refractivity contribution in [2.45, 2.75) is 51.4 Å². The average Bonchev–Trinajstić information content (AvgIpc) is 2.28. The first-order valence-electron chi connectivity index (χ1n) is 6.77. The monoisotopic (exact) mass is 279 g/mol. The summed E-state index contributed by atoms with van der Waals surface area (Å²) < 4.78 is 11.5. The number of ether oxygens (including phenoxy) is 1. The summed E-state index contributed by atoms with van der Waals surface area (Å²) in [5, 5.41) is 9.44. The van der Waals surface area contributed by atoms with Gasteiger partial charge in [0.1, 0.15) is 6.07 Å². The number of hydrogen-bond acceptors (Lipinski definition) is 4. The third kappa shape index (κ3) is 2.84. The summed E-state index contributed by atoms with van der Waals surface area (Å²) >= 11 is 0. The smallest absolute Gasteiger partial charge is 0.304 e. The molecule has 3 aliphatic carbocycles. The number of esters is 1. The summed E-state index contributed by atoms with van der Waals surface area (Å²) in [5.41, 5.74) is -0.971. The first-order valence-corrected chi connectivity index (χ1v) is 10.2. The fourth-order valence-corrected chi connectivity index (χ4v) is 3.97. The highest BCUT2D eigenvalue weighted by Crippen LogP contribution is 2.49. The van der Waals surface area contributed by atoms with Gasteiger partial charge in [-0.05, 0) is 38.6 Å². The van der Waals surface area contributed by atoms with Crippen LogP contribution in [0.5, 0.6) is 0 Å². The second-order valence-corrected chi connectivity index (χ2v) is 10.9. The Kier molecular flexibility index (Phi) is 3.48. The maximum atomic E-state index is 11.2. The van der Waals surface area contributed by atoms with Crippen molar-refractivity contribution >= 4 is 14.3 Å². The minimum atomic E-state index is -1.63. The lowest BCUT2D eigenvalue weighted by Crippen LogP contribution is -2.49. The number of carbonyl (C=O) groups excluding carboxylic acids is 1. The molecule has 4 nitrogen and oxygen atoms in total. The van der Waals surface area contributed by atoms with Gasteiger partial charge < -0.3 is 9.16 Å². The molecule has 0 saturated heterocycles. The second kappa shape index (κ2) is 4.68. The quantitative estimate of drug-likeness (QED) is 0.588. The summed E-state index contributed by atoms with van der Waals surface area (Å²) in [6.07, 6.45) is 4.52. The van der Waals surface area contributed by atoms with Crippen LogP contribution in [0.15, 0.2) is 11.8 Å². The molecule has 0 spiro atoms. The Hall–Kier alpha value is -1.28. The molecule has 2 bridgehead atoms. The Morgan fingerprint density at radius 2 is 2.16 bits per heavy atom. The van der Waals surface area contributed by atoms with Crippen molar-refractivity contribution in [2.75, 3.05) is 0 Å². The van der Waals surface area contributed by atoms with Crippen molar-refractivity contribution < 1.29 is 14.0 Å². The van der Waals surface area contributed by atoms with Gasteiger partial charge in [-0.3, -0.25) is 4.79 Å². The lowest BCUT2D eigenvalue weighted by atomic mass is 9.65. The molecule has 5 heteroatoms. The van der Waals surface area contributed by atoms with Crippen LogP contribution in [-0.4, -0.2) is 19.9 Å². The molecule has 3 rings (SSSR count). The van der Waals surface area contributed by atoms with E-state index >= 15 is 0 Å². The molecule has 0 radical (unpaired) electrons. The number of allylic oxidation sites excluding steroid dienone is 1. The summed E-state index contributed by atoms with van der Waals surface area (Å²) in [6.45, 7) is 7.82. The second-order valence-electron chi connectivity index (χ2n) is 6.46. The normalized spacial score (nSPS) is 33.3. The number of hydrogen-bond donors (Lipinski definition) is 0. The highest BCUT2D eigenvalue weighted by Gasteiger charge is 2.51. The van der Waals surface area contributed by atoms with E-state index in [0.717, 1.165) is 18.6 Å². The van der Waals surface area contributed by atoms with Crippen molar-refractivity contribution in [3.8, 4) is 6.07 Å². The van der Waals surface area contributed by atoms with Crippen LogP contribution in [0.25, 0.3) is 0 Å². The van der Waals surface area contributed by atoms with Gasteiger partial charge in [0.25, 0.3) is 0 Å². The zero-order chi connectivity index (χ0) is 14.3. The third-order valence-electron chi connectivity index (χ3n) is 3.68. The first kappa shape index (κ1) is 14.1. The molecular weight excluding hydrogens is 258 g/mol. The molecule has 104 valence electrons. The molecule has 1 fully saturated rings. The number of carbonyl (C=O) groups is 1. The Morgan fingerprint density at radius 3 is 2.58 bits per heavy atom. The zero-order valence-electron chi connectivity index (χ0n) is 12.0. The van der Waals surface area contributed by atoms with Crippen LogP contribution in [0, 0.1) is 23.2 Å². The molecular formula is C14H21NO3Si. The van der Waals surface area contributed by atoms with Crippen LogP contribution >= 0.6 is 0 Å². The first-order chi connectivity index (χ1) is 8.76. The Morgan fingerprint density at radius 1 is 1.47 bits per heavy atom. The molecule has 3 atom stereocenters. The molecule has 0 aliphatic heterocycles. The number of nitriles is 1. The van der Waals surface area contributed by atoms with Crippen LogP contribution in [-0.2, 0) is 14.0 Å². The van der Waals surface area contributed by atoms with Gasteiger partial charge in [0.2, 0.25) is 13.9 Å². The fraction of sp³-hybridized carbons (Fsp3) is 0.714. The minimum absolute atomic E-state index is 0.0299. The predicted molar refractivity (Wildman–Crippen MR) is 73.5 cm³/mol.